The molecule has 9 heteroatoms. The highest BCUT2D eigenvalue weighted by molar-refractivity contribution is 7.92. The number of nitrogens with one attached hydrogen (secondary N) is 2. The SMILES string of the molecule is O=C(Nc1ccc(N2CCCC2=O)cc1)c1cccc(S(=O)(=O)Nc2ccc(F)cc2)c1. The summed E-state index contributed by atoms with van der Waals surface area (Å²) in [6.07, 6.45) is 1.36. The molecule has 0 bridgehead atoms. The Morgan fingerprint density at radius 2 is 1.62 bits per heavy atom. The van der Waals surface area contributed by atoms with Crippen molar-refractivity contribution >= 4 is 38.9 Å². The van der Waals surface area contributed by atoms with E-state index in [1.807, 2.05) is 0 Å². The largest absolute Gasteiger partial charge is 0.322 e. The highest BCUT2D eigenvalue weighted by atomic mass is 32.2. The van der Waals surface area contributed by atoms with Crippen molar-refractivity contribution in [2.45, 2.75) is 17.7 Å². The molecule has 0 spiro atoms. The maximum absolute atomic E-state index is 13.0. The highest BCUT2D eigenvalue weighted by Gasteiger charge is 2.21. The average molecular weight is 453 g/mol. The first-order chi connectivity index (χ1) is 15.3. The van der Waals surface area contributed by atoms with Crippen LogP contribution in [0, 0.1) is 5.82 Å². The molecule has 1 fully saturated rings. The lowest BCUT2D eigenvalue weighted by Crippen LogP contribution is -2.23. The maximum atomic E-state index is 13.0. The van der Waals surface area contributed by atoms with Gasteiger partial charge < -0.3 is 10.2 Å². The van der Waals surface area contributed by atoms with Gasteiger partial charge in [0.15, 0.2) is 0 Å². The molecular formula is C23H20FN3O4S. The fourth-order valence-corrected chi connectivity index (χ4v) is 4.49. The first-order valence-corrected chi connectivity index (χ1v) is 11.4. The first kappa shape index (κ1) is 21.5. The molecule has 1 aliphatic heterocycles. The van der Waals surface area contributed by atoms with E-state index in [-0.39, 0.29) is 22.1 Å². The second kappa shape index (κ2) is 8.80. The van der Waals surface area contributed by atoms with Crippen molar-refractivity contribution in [2.75, 3.05) is 21.5 Å². The van der Waals surface area contributed by atoms with E-state index in [0.29, 0.717) is 18.7 Å². The van der Waals surface area contributed by atoms with Gasteiger partial charge in [-0.2, -0.15) is 0 Å². The first-order valence-electron chi connectivity index (χ1n) is 9.92. The number of anilines is 3. The number of nitrogens with zero attached hydrogens (tertiary/aromatic N) is 1. The van der Waals surface area contributed by atoms with Crippen molar-refractivity contribution in [1.82, 2.24) is 0 Å². The molecule has 0 aliphatic carbocycles. The third kappa shape index (κ3) is 4.78. The lowest BCUT2D eigenvalue weighted by molar-refractivity contribution is -0.117. The minimum Gasteiger partial charge on any atom is -0.322 e. The van der Waals surface area contributed by atoms with Crippen molar-refractivity contribution in [1.29, 1.82) is 0 Å². The number of hydrogen-bond acceptors (Lipinski definition) is 4. The molecule has 4 rings (SSSR count). The molecule has 1 aliphatic rings. The van der Waals surface area contributed by atoms with Gasteiger partial charge in [0, 0.05) is 35.6 Å². The van der Waals surface area contributed by atoms with Gasteiger partial charge in [0.2, 0.25) is 5.91 Å². The minimum atomic E-state index is -3.97. The smallest absolute Gasteiger partial charge is 0.261 e. The van der Waals surface area contributed by atoms with E-state index in [1.165, 1.54) is 36.4 Å². The van der Waals surface area contributed by atoms with Gasteiger partial charge in [0.1, 0.15) is 5.82 Å². The van der Waals surface area contributed by atoms with Crippen molar-refractivity contribution in [3.8, 4) is 0 Å². The number of carbonyl (C=O) groups is 2. The molecule has 3 aromatic rings. The topological polar surface area (TPSA) is 95.6 Å². The number of halogens is 1. The third-order valence-corrected chi connectivity index (χ3v) is 6.39. The summed E-state index contributed by atoms with van der Waals surface area (Å²) in [6.45, 7) is 0.678. The zero-order chi connectivity index (χ0) is 22.7. The predicted molar refractivity (Wildman–Crippen MR) is 120 cm³/mol. The Kier molecular flexibility index (Phi) is 5.91. The summed E-state index contributed by atoms with van der Waals surface area (Å²) in [4.78, 5) is 26.1. The van der Waals surface area contributed by atoms with Crippen LogP contribution in [0.4, 0.5) is 21.5 Å². The van der Waals surface area contributed by atoms with Gasteiger partial charge >= 0.3 is 0 Å². The Balaban J connectivity index is 1.47. The normalized spacial score (nSPS) is 13.8. The predicted octanol–water partition coefficient (Wildman–Crippen LogP) is 4.01. The second-order valence-corrected chi connectivity index (χ2v) is 8.97. The molecule has 0 unspecified atom stereocenters. The molecule has 0 saturated carbocycles. The van der Waals surface area contributed by atoms with Gasteiger partial charge in [-0.1, -0.05) is 6.07 Å². The summed E-state index contributed by atoms with van der Waals surface area (Å²) in [5, 5.41) is 2.72. The van der Waals surface area contributed by atoms with E-state index < -0.39 is 21.7 Å². The van der Waals surface area contributed by atoms with Crippen LogP contribution in [0.3, 0.4) is 0 Å². The summed E-state index contributed by atoms with van der Waals surface area (Å²) in [5.41, 5.74) is 1.65. The van der Waals surface area contributed by atoms with Gasteiger partial charge in [-0.05, 0) is 73.2 Å². The number of rotatable bonds is 6. The van der Waals surface area contributed by atoms with Crippen molar-refractivity contribution in [3.05, 3.63) is 84.2 Å². The van der Waals surface area contributed by atoms with Gasteiger partial charge in [-0.25, -0.2) is 12.8 Å². The quantitative estimate of drug-likeness (QED) is 0.590. The molecule has 7 nitrogen and oxygen atoms in total. The van der Waals surface area contributed by atoms with Gasteiger partial charge in [-0.3, -0.25) is 14.3 Å². The van der Waals surface area contributed by atoms with Crippen LogP contribution in [0.25, 0.3) is 0 Å². The maximum Gasteiger partial charge on any atom is 0.261 e. The van der Waals surface area contributed by atoms with E-state index >= 15 is 0 Å². The van der Waals surface area contributed by atoms with Crippen molar-refractivity contribution < 1.29 is 22.4 Å². The molecule has 2 N–H and O–H groups in total. The fraction of sp³-hybridized carbons (Fsp3) is 0.130. The third-order valence-electron chi connectivity index (χ3n) is 5.01. The lowest BCUT2D eigenvalue weighted by Gasteiger charge is -2.16. The Labute approximate surface area is 184 Å². The fourth-order valence-electron chi connectivity index (χ4n) is 3.39. The number of sulfonamides is 1. The van der Waals surface area contributed by atoms with Crippen molar-refractivity contribution in [2.24, 2.45) is 0 Å². The van der Waals surface area contributed by atoms with Gasteiger partial charge in [0.25, 0.3) is 15.9 Å². The summed E-state index contributed by atoms with van der Waals surface area (Å²) in [6, 6.07) is 17.4. The Morgan fingerprint density at radius 3 is 2.28 bits per heavy atom. The number of amides is 2. The van der Waals surface area contributed by atoms with Crippen LogP contribution in [0.2, 0.25) is 0 Å². The molecule has 0 atom stereocenters. The molecule has 2 amide bonds. The van der Waals surface area contributed by atoms with Crippen LogP contribution < -0.4 is 14.9 Å². The number of benzene rings is 3. The standard InChI is InChI=1S/C23H20FN3O4S/c24-17-6-8-19(9-7-17)26-32(30,31)21-4-1-3-16(15-21)23(29)25-18-10-12-20(13-11-18)27-14-2-5-22(27)28/h1,3-4,6-13,15,26H,2,5,14H2,(H,25,29). The molecule has 32 heavy (non-hydrogen) atoms. The molecular weight excluding hydrogens is 433 g/mol. The van der Waals surface area contributed by atoms with E-state index in [2.05, 4.69) is 10.0 Å². The van der Waals surface area contributed by atoms with Crippen LogP contribution in [0.1, 0.15) is 23.2 Å². The van der Waals surface area contributed by atoms with Crippen LogP contribution in [0.5, 0.6) is 0 Å². The molecule has 3 aromatic carbocycles. The van der Waals surface area contributed by atoms with E-state index in [4.69, 9.17) is 0 Å². The molecule has 1 saturated heterocycles. The Bertz CT molecular complexity index is 1260. The van der Waals surface area contributed by atoms with E-state index in [0.717, 1.165) is 24.2 Å². The van der Waals surface area contributed by atoms with Gasteiger partial charge in [0.05, 0.1) is 4.90 Å². The zero-order valence-electron chi connectivity index (χ0n) is 16.9. The second-order valence-electron chi connectivity index (χ2n) is 7.29. The average Bonchev–Trinajstić information content (AvgIpc) is 3.22. The lowest BCUT2D eigenvalue weighted by atomic mass is 10.2. The molecule has 1 heterocycles. The number of carbonyl (C=O) groups excluding carboxylic acids is 2. The van der Waals surface area contributed by atoms with Crippen LogP contribution in [0.15, 0.2) is 77.7 Å². The summed E-state index contributed by atoms with van der Waals surface area (Å²) in [5.74, 6) is -0.880. The summed E-state index contributed by atoms with van der Waals surface area (Å²) >= 11 is 0. The zero-order valence-corrected chi connectivity index (χ0v) is 17.7. The molecule has 164 valence electrons. The molecule has 0 aromatic heterocycles. The number of hydrogen-bond donors (Lipinski definition) is 2. The highest BCUT2D eigenvalue weighted by Crippen LogP contribution is 2.24. The summed E-state index contributed by atoms with van der Waals surface area (Å²) < 4.78 is 40.7. The summed E-state index contributed by atoms with van der Waals surface area (Å²) in [7, 11) is -3.97. The minimum absolute atomic E-state index is 0.0778. The van der Waals surface area contributed by atoms with E-state index in [1.54, 1.807) is 29.2 Å². The molecule has 0 radical (unpaired) electrons. The van der Waals surface area contributed by atoms with Gasteiger partial charge in [-0.15, -0.1) is 0 Å². The Hall–Kier alpha value is -3.72. The Morgan fingerprint density at radius 1 is 0.938 bits per heavy atom. The van der Waals surface area contributed by atoms with Crippen LogP contribution in [-0.2, 0) is 14.8 Å². The van der Waals surface area contributed by atoms with Crippen LogP contribution >= 0.6 is 0 Å². The van der Waals surface area contributed by atoms with Crippen molar-refractivity contribution in [3.63, 3.8) is 0 Å². The van der Waals surface area contributed by atoms with Crippen LogP contribution in [-0.4, -0.2) is 26.8 Å². The monoisotopic (exact) mass is 453 g/mol. The van der Waals surface area contributed by atoms with E-state index in [9.17, 15) is 22.4 Å².